The average Bonchev–Trinajstić information content (AvgIpc) is 2.69. The number of carbonyl (C=O) groups excluding carboxylic acids is 1. The van der Waals surface area contributed by atoms with Crippen LogP contribution in [-0.2, 0) is 11.3 Å². The largest absolute Gasteiger partial charge is 0.493 e. The first-order valence-corrected chi connectivity index (χ1v) is 9.01. The quantitative estimate of drug-likeness (QED) is 0.422. The van der Waals surface area contributed by atoms with Crippen molar-refractivity contribution in [1.29, 1.82) is 0 Å². The normalized spacial score (nSPS) is 12.1. The molecule has 0 saturated carbocycles. The van der Waals surface area contributed by atoms with Gasteiger partial charge >= 0.3 is 0 Å². The predicted octanol–water partition coefficient (Wildman–Crippen LogP) is 1.68. The van der Waals surface area contributed by atoms with Crippen molar-refractivity contribution in [3.8, 4) is 17.2 Å². The van der Waals surface area contributed by atoms with Crippen molar-refractivity contribution in [3.05, 3.63) is 17.7 Å². The maximum atomic E-state index is 11.8. The van der Waals surface area contributed by atoms with Crippen molar-refractivity contribution in [2.75, 3.05) is 34.9 Å². The maximum Gasteiger partial charge on any atom is 0.221 e. The van der Waals surface area contributed by atoms with Gasteiger partial charge in [0.1, 0.15) is 0 Å². The molecule has 0 heterocycles. The van der Waals surface area contributed by atoms with E-state index in [1.54, 1.807) is 28.4 Å². The second-order valence-electron chi connectivity index (χ2n) is 6.01. The van der Waals surface area contributed by atoms with E-state index in [0.29, 0.717) is 42.7 Å². The number of aliphatic imine (C=N–C) groups is 1. The summed E-state index contributed by atoms with van der Waals surface area (Å²) in [6.45, 7) is 5.04. The highest BCUT2D eigenvalue weighted by Crippen LogP contribution is 2.38. The van der Waals surface area contributed by atoms with Gasteiger partial charge in [-0.15, -0.1) is 0 Å². The summed E-state index contributed by atoms with van der Waals surface area (Å²) in [7, 11) is 6.42. The van der Waals surface area contributed by atoms with E-state index in [1.807, 2.05) is 26.0 Å². The number of methoxy groups -OCH3 is 3. The molecular weight excluding hydrogens is 348 g/mol. The van der Waals surface area contributed by atoms with Crippen LogP contribution in [0.2, 0.25) is 0 Å². The highest BCUT2D eigenvalue weighted by Gasteiger charge is 2.13. The van der Waals surface area contributed by atoms with E-state index < -0.39 is 0 Å². The Balaban J connectivity index is 2.59. The van der Waals surface area contributed by atoms with Crippen LogP contribution < -0.4 is 30.2 Å². The van der Waals surface area contributed by atoms with Crippen molar-refractivity contribution in [2.45, 2.75) is 39.3 Å². The SMILES string of the molecule is CCC(C)NC(=O)CCNC(=NC)NCc1cc(OC)c(OC)c(OC)c1. The molecule has 0 bridgehead atoms. The number of carbonyl (C=O) groups is 1. The molecule has 0 aromatic heterocycles. The Labute approximate surface area is 161 Å². The minimum atomic E-state index is 0.0249. The number of nitrogens with one attached hydrogen (secondary N) is 3. The number of hydrogen-bond acceptors (Lipinski definition) is 5. The van der Waals surface area contributed by atoms with Crippen molar-refractivity contribution in [1.82, 2.24) is 16.0 Å². The Bertz CT molecular complexity index is 609. The number of nitrogens with zero attached hydrogens (tertiary/aromatic N) is 1. The second kappa shape index (κ2) is 11.9. The molecule has 8 nitrogen and oxygen atoms in total. The van der Waals surface area contributed by atoms with Gasteiger partial charge in [-0.25, -0.2) is 0 Å². The van der Waals surface area contributed by atoms with Crippen LogP contribution in [0.15, 0.2) is 17.1 Å². The summed E-state index contributed by atoms with van der Waals surface area (Å²) in [6, 6.07) is 3.94. The van der Waals surface area contributed by atoms with Gasteiger partial charge in [0, 0.05) is 32.6 Å². The molecule has 1 amide bonds. The van der Waals surface area contributed by atoms with Crippen LogP contribution in [0.5, 0.6) is 17.2 Å². The van der Waals surface area contributed by atoms with Crippen molar-refractivity contribution in [2.24, 2.45) is 4.99 Å². The van der Waals surface area contributed by atoms with Crippen LogP contribution in [0.3, 0.4) is 0 Å². The third-order valence-corrected chi connectivity index (χ3v) is 4.07. The lowest BCUT2D eigenvalue weighted by atomic mass is 10.2. The van der Waals surface area contributed by atoms with Crippen LogP contribution in [0, 0.1) is 0 Å². The van der Waals surface area contributed by atoms with Crippen LogP contribution in [0.1, 0.15) is 32.3 Å². The van der Waals surface area contributed by atoms with Gasteiger partial charge in [0.2, 0.25) is 11.7 Å². The third kappa shape index (κ3) is 7.24. The van der Waals surface area contributed by atoms with Crippen LogP contribution >= 0.6 is 0 Å². The lowest BCUT2D eigenvalue weighted by molar-refractivity contribution is -0.121. The molecule has 0 fully saturated rings. The molecule has 0 aliphatic heterocycles. The number of guanidine groups is 1. The molecule has 1 atom stereocenters. The Hall–Kier alpha value is -2.64. The third-order valence-electron chi connectivity index (χ3n) is 4.07. The molecule has 27 heavy (non-hydrogen) atoms. The van der Waals surface area contributed by atoms with Gasteiger partial charge in [-0.1, -0.05) is 6.92 Å². The molecule has 0 spiro atoms. The first-order chi connectivity index (χ1) is 13.0. The summed E-state index contributed by atoms with van der Waals surface area (Å²) in [4.78, 5) is 16.0. The molecule has 1 aromatic rings. The van der Waals surface area contributed by atoms with Crippen molar-refractivity contribution in [3.63, 3.8) is 0 Å². The van der Waals surface area contributed by atoms with Crippen molar-refractivity contribution >= 4 is 11.9 Å². The molecule has 3 N–H and O–H groups in total. The molecular formula is C19H32N4O4. The fourth-order valence-electron chi connectivity index (χ4n) is 2.39. The van der Waals surface area contributed by atoms with Gasteiger partial charge in [0.05, 0.1) is 21.3 Å². The van der Waals surface area contributed by atoms with Gasteiger partial charge in [-0.3, -0.25) is 9.79 Å². The van der Waals surface area contributed by atoms with E-state index in [-0.39, 0.29) is 11.9 Å². The van der Waals surface area contributed by atoms with Gasteiger partial charge in [-0.05, 0) is 31.0 Å². The van der Waals surface area contributed by atoms with E-state index in [1.165, 1.54) is 0 Å². The number of amides is 1. The first kappa shape index (κ1) is 22.4. The molecule has 0 aliphatic rings. The molecule has 1 rings (SSSR count). The summed E-state index contributed by atoms with van der Waals surface area (Å²) >= 11 is 0. The lowest BCUT2D eigenvalue weighted by Crippen LogP contribution is -2.40. The molecule has 1 unspecified atom stereocenters. The van der Waals surface area contributed by atoms with E-state index in [0.717, 1.165) is 12.0 Å². The standard InChI is InChI=1S/C19H32N4O4/c1-7-13(2)23-17(24)8-9-21-19(20-3)22-12-14-10-15(25-4)18(27-6)16(11-14)26-5/h10-11,13H,7-9,12H2,1-6H3,(H,23,24)(H2,20,21,22). The summed E-state index contributed by atoms with van der Waals surface area (Å²) in [5.41, 5.74) is 0.946. The molecule has 0 radical (unpaired) electrons. The zero-order valence-electron chi connectivity index (χ0n) is 17.1. The van der Waals surface area contributed by atoms with Crippen LogP contribution in [0.4, 0.5) is 0 Å². The number of ether oxygens (including phenoxy) is 3. The van der Waals surface area contributed by atoms with E-state index in [4.69, 9.17) is 14.2 Å². The second-order valence-corrected chi connectivity index (χ2v) is 6.01. The Morgan fingerprint density at radius 1 is 1.11 bits per heavy atom. The predicted molar refractivity (Wildman–Crippen MR) is 107 cm³/mol. The topological polar surface area (TPSA) is 93.2 Å². The monoisotopic (exact) mass is 380 g/mol. The van der Waals surface area contributed by atoms with Gasteiger partial charge < -0.3 is 30.2 Å². The molecule has 0 aliphatic carbocycles. The Morgan fingerprint density at radius 2 is 1.74 bits per heavy atom. The minimum absolute atomic E-state index is 0.0249. The summed E-state index contributed by atoms with van der Waals surface area (Å²) in [5, 5.41) is 9.28. The highest BCUT2D eigenvalue weighted by molar-refractivity contribution is 5.81. The van der Waals surface area contributed by atoms with Gasteiger partial charge in [0.15, 0.2) is 17.5 Å². The van der Waals surface area contributed by atoms with Gasteiger partial charge in [-0.2, -0.15) is 0 Å². The van der Waals surface area contributed by atoms with E-state index in [9.17, 15) is 4.79 Å². The van der Waals surface area contributed by atoms with Crippen molar-refractivity contribution < 1.29 is 19.0 Å². The average molecular weight is 380 g/mol. The number of benzene rings is 1. The van der Waals surface area contributed by atoms with Crippen LogP contribution in [-0.4, -0.2) is 52.8 Å². The Morgan fingerprint density at radius 3 is 2.22 bits per heavy atom. The fraction of sp³-hybridized carbons (Fsp3) is 0.579. The molecule has 1 aromatic carbocycles. The summed E-state index contributed by atoms with van der Waals surface area (Å²) < 4.78 is 16.0. The summed E-state index contributed by atoms with van der Waals surface area (Å²) in [6.07, 6.45) is 1.30. The minimum Gasteiger partial charge on any atom is -0.493 e. The smallest absolute Gasteiger partial charge is 0.221 e. The Kier molecular flexibility index (Phi) is 9.85. The maximum absolute atomic E-state index is 11.8. The first-order valence-electron chi connectivity index (χ1n) is 9.01. The highest BCUT2D eigenvalue weighted by atomic mass is 16.5. The van der Waals surface area contributed by atoms with Crippen LogP contribution in [0.25, 0.3) is 0 Å². The fourth-order valence-corrected chi connectivity index (χ4v) is 2.39. The van der Waals surface area contributed by atoms with E-state index >= 15 is 0 Å². The zero-order chi connectivity index (χ0) is 20.2. The molecule has 152 valence electrons. The molecule has 8 heteroatoms. The zero-order valence-corrected chi connectivity index (χ0v) is 17.1. The number of rotatable bonds is 10. The number of hydrogen-bond donors (Lipinski definition) is 3. The van der Waals surface area contributed by atoms with Gasteiger partial charge in [0.25, 0.3) is 0 Å². The lowest BCUT2D eigenvalue weighted by Gasteiger charge is -2.16. The summed E-state index contributed by atoms with van der Waals surface area (Å²) in [5.74, 6) is 2.38. The molecule has 0 saturated heterocycles. The van der Waals surface area contributed by atoms with E-state index in [2.05, 4.69) is 20.9 Å².